The molecule has 0 radical (unpaired) electrons. The van der Waals surface area contributed by atoms with Crippen molar-refractivity contribution in [3.05, 3.63) is 41.6 Å². The van der Waals surface area contributed by atoms with Crippen molar-refractivity contribution < 1.29 is 4.39 Å². The lowest BCUT2D eigenvalue weighted by Crippen LogP contribution is -2.25. The zero-order chi connectivity index (χ0) is 15.4. The molecule has 2 aromatic heterocycles. The summed E-state index contributed by atoms with van der Waals surface area (Å²) in [6.07, 6.45) is 5.05. The highest BCUT2D eigenvalue weighted by Crippen LogP contribution is 2.19. The second kappa shape index (κ2) is 6.67. The van der Waals surface area contributed by atoms with Gasteiger partial charge < -0.3 is 10.2 Å². The average molecular weight is 291 g/mol. The number of anilines is 1. The van der Waals surface area contributed by atoms with Gasteiger partial charge in [0.05, 0.1) is 12.4 Å². The summed E-state index contributed by atoms with van der Waals surface area (Å²) < 4.78 is 15.2. The zero-order valence-electron chi connectivity index (χ0n) is 13.0. The van der Waals surface area contributed by atoms with Crippen LogP contribution in [-0.4, -0.2) is 27.9 Å². The molecule has 0 aliphatic heterocycles. The van der Waals surface area contributed by atoms with Gasteiger partial charge in [0.25, 0.3) is 0 Å². The zero-order valence-corrected chi connectivity index (χ0v) is 13.0. The predicted octanol–water partition coefficient (Wildman–Crippen LogP) is 2.09. The van der Waals surface area contributed by atoms with Gasteiger partial charge in [-0.05, 0) is 6.07 Å². The molecule has 0 aromatic carbocycles. The molecule has 0 atom stereocenters. The number of hydrogen-bond acceptors (Lipinski definition) is 4. The highest BCUT2D eigenvalue weighted by Gasteiger charge is 2.12. The first-order valence-corrected chi connectivity index (χ1v) is 7.02. The summed E-state index contributed by atoms with van der Waals surface area (Å²) >= 11 is 0. The van der Waals surface area contributed by atoms with Gasteiger partial charge in [0.15, 0.2) is 0 Å². The van der Waals surface area contributed by atoms with Crippen LogP contribution in [0.25, 0.3) is 0 Å². The number of aromatic nitrogens is 3. The molecule has 0 fully saturated rings. The van der Waals surface area contributed by atoms with Crippen molar-refractivity contribution in [1.82, 2.24) is 20.1 Å². The molecule has 21 heavy (non-hydrogen) atoms. The van der Waals surface area contributed by atoms with Gasteiger partial charge in [0.1, 0.15) is 11.6 Å². The molecule has 0 aliphatic carbocycles. The molecule has 114 valence electrons. The SMILES string of the molecule is CC(C)NCc1cc(F)cnc1N(C)Cc1cnn(C)c1. The van der Waals surface area contributed by atoms with Crippen molar-refractivity contribution in [2.45, 2.75) is 33.0 Å². The highest BCUT2D eigenvalue weighted by molar-refractivity contribution is 5.46. The molecular formula is C15H22FN5. The van der Waals surface area contributed by atoms with Gasteiger partial charge in [-0.15, -0.1) is 0 Å². The van der Waals surface area contributed by atoms with E-state index in [-0.39, 0.29) is 5.82 Å². The Morgan fingerprint density at radius 1 is 1.38 bits per heavy atom. The van der Waals surface area contributed by atoms with E-state index in [0.717, 1.165) is 16.9 Å². The first kappa shape index (κ1) is 15.4. The Hall–Kier alpha value is -1.95. The minimum Gasteiger partial charge on any atom is -0.355 e. The van der Waals surface area contributed by atoms with E-state index in [9.17, 15) is 4.39 Å². The highest BCUT2D eigenvalue weighted by atomic mass is 19.1. The first-order chi connectivity index (χ1) is 9.95. The van der Waals surface area contributed by atoms with Gasteiger partial charge in [-0.1, -0.05) is 13.8 Å². The first-order valence-electron chi connectivity index (χ1n) is 7.02. The molecule has 2 rings (SSSR count). The minimum absolute atomic E-state index is 0.311. The Kier molecular flexibility index (Phi) is 4.90. The van der Waals surface area contributed by atoms with Crippen molar-refractivity contribution in [2.75, 3.05) is 11.9 Å². The molecule has 2 heterocycles. The number of halogens is 1. The maximum absolute atomic E-state index is 13.4. The number of rotatable bonds is 6. The van der Waals surface area contributed by atoms with E-state index in [1.807, 2.05) is 31.4 Å². The van der Waals surface area contributed by atoms with Crippen LogP contribution in [0.2, 0.25) is 0 Å². The Labute approximate surface area is 124 Å². The Morgan fingerprint density at radius 2 is 2.14 bits per heavy atom. The number of hydrogen-bond donors (Lipinski definition) is 1. The summed E-state index contributed by atoms with van der Waals surface area (Å²) in [6, 6.07) is 1.88. The summed E-state index contributed by atoms with van der Waals surface area (Å²) in [5.74, 6) is 0.475. The monoisotopic (exact) mass is 291 g/mol. The molecule has 6 heteroatoms. The third kappa shape index (κ3) is 4.26. The van der Waals surface area contributed by atoms with Gasteiger partial charge in [0.2, 0.25) is 0 Å². The fourth-order valence-corrected chi connectivity index (χ4v) is 2.16. The largest absolute Gasteiger partial charge is 0.355 e. The van der Waals surface area contributed by atoms with Crippen LogP contribution in [0.3, 0.4) is 0 Å². The Balaban J connectivity index is 2.16. The predicted molar refractivity (Wildman–Crippen MR) is 81.5 cm³/mol. The second-order valence-corrected chi connectivity index (χ2v) is 5.55. The summed E-state index contributed by atoms with van der Waals surface area (Å²) in [7, 11) is 3.84. The molecule has 0 saturated carbocycles. The normalized spacial score (nSPS) is 11.1. The summed E-state index contributed by atoms with van der Waals surface area (Å²) in [4.78, 5) is 6.25. The lowest BCUT2D eigenvalue weighted by molar-refractivity contribution is 0.577. The van der Waals surface area contributed by atoms with Gasteiger partial charge >= 0.3 is 0 Å². The number of aryl methyl sites for hydroxylation is 1. The third-order valence-corrected chi connectivity index (χ3v) is 3.15. The summed E-state index contributed by atoms with van der Waals surface area (Å²) in [6.45, 7) is 5.40. The van der Waals surface area contributed by atoms with Gasteiger partial charge in [0, 0.05) is 50.6 Å². The molecular weight excluding hydrogens is 269 g/mol. The van der Waals surface area contributed by atoms with E-state index in [4.69, 9.17) is 0 Å². The number of pyridine rings is 1. The van der Waals surface area contributed by atoms with Crippen LogP contribution in [0, 0.1) is 5.82 Å². The van der Waals surface area contributed by atoms with E-state index in [1.54, 1.807) is 4.68 Å². The Morgan fingerprint density at radius 3 is 2.76 bits per heavy atom. The fourth-order valence-electron chi connectivity index (χ4n) is 2.16. The molecule has 0 amide bonds. The lowest BCUT2D eigenvalue weighted by Gasteiger charge is -2.21. The van der Waals surface area contributed by atoms with Crippen LogP contribution in [0.15, 0.2) is 24.7 Å². The molecule has 0 unspecified atom stereocenters. The molecule has 5 nitrogen and oxygen atoms in total. The standard InChI is InChI=1S/C15H22FN5/c1-11(2)17-7-13-5-14(16)8-18-15(13)20(3)9-12-6-19-21(4)10-12/h5-6,8,10-11,17H,7,9H2,1-4H3. The molecule has 0 bridgehead atoms. The average Bonchev–Trinajstić information content (AvgIpc) is 2.81. The number of nitrogens with zero attached hydrogens (tertiary/aromatic N) is 4. The Bertz CT molecular complexity index is 593. The van der Waals surface area contributed by atoms with Crippen molar-refractivity contribution in [2.24, 2.45) is 7.05 Å². The van der Waals surface area contributed by atoms with E-state index in [0.29, 0.717) is 19.1 Å². The van der Waals surface area contributed by atoms with Gasteiger partial charge in [-0.2, -0.15) is 5.10 Å². The van der Waals surface area contributed by atoms with Crippen molar-refractivity contribution in [3.8, 4) is 0 Å². The van der Waals surface area contributed by atoms with Crippen LogP contribution in [0.4, 0.5) is 10.2 Å². The van der Waals surface area contributed by atoms with Gasteiger partial charge in [-0.25, -0.2) is 9.37 Å². The molecule has 0 saturated heterocycles. The smallest absolute Gasteiger partial charge is 0.141 e. The van der Waals surface area contributed by atoms with Gasteiger partial charge in [-0.3, -0.25) is 4.68 Å². The van der Waals surface area contributed by atoms with Crippen LogP contribution < -0.4 is 10.2 Å². The van der Waals surface area contributed by atoms with Crippen LogP contribution in [-0.2, 0) is 20.1 Å². The topological polar surface area (TPSA) is 46.0 Å². The van der Waals surface area contributed by atoms with Crippen LogP contribution in [0.1, 0.15) is 25.0 Å². The van der Waals surface area contributed by atoms with Crippen LogP contribution in [0.5, 0.6) is 0 Å². The maximum Gasteiger partial charge on any atom is 0.141 e. The fraction of sp³-hybridized carbons (Fsp3) is 0.467. The molecule has 0 aliphatic rings. The maximum atomic E-state index is 13.4. The van der Waals surface area contributed by atoms with Crippen molar-refractivity contribution >= 4 is 5.82 Å². The third-order valence-electron chi connectivity index (χ3n) is 3.15. The van der Waals surface area contributed by atoms with Crippen molar-refractivity contribution in [3.63, 3.8) is 0 Å². The summed E-state index contributed by atoms with van der Waals surface area (Å²) in [5.41, 5.74) is 1.95. The van der Waals surface area contributed by atoms with E-state index in [1.165, 1.54) is 12.3 Å². The number of nitrogens with one attached hydrogen (secondary N) is 1. The molecule has 1 N–H and O–H groups in total. The quantitative estimate of drug-likeness (QED) is 0.885. The van der Waals surface area contributed by atoms with E-state index < -0.39 is 0 Å². The van der Waals surface area contributed by atoms with E-state index in [2.05, 4.69) is 29.2 Å². The van der Waals surface area contributed by atoms with Crippen molar-refractivity contribution in [1.29, 1.82) is 0 Å². The second-order valence-electron chi connectivity index (χ2n) is 5.55. The summed E-state index contributed by atoms with van der Waals surface area (Å²) in [5, 5.41) is 7.46. The lowest BCUT2D eigenvalue weighted by atomic mass is 10.2. The van der Waals surface area contributed by atoms with Crippen LogP contribution >= 0.6 is 0 Å². The molecule has 2 aromatic rings. The molecule has 0 spiro atoms. The van der Waals surface area contributed by atoms with E-state index >= 15 is 0 Å². The minimum atomic E-state index is -0.311.